The predicted molar refractivity (Wildman–Crippen MR) is 80.9 cm³/mol. The van der Waals surface area contributed by atoms with E-state index >= 15 is 0 Å². The monoisotopic (exact) mass is 254 g/mol. The SMILES string of the molecule is CC(C)CN(CC(C)(C)C1CCCNC1)C(C)C. The molecule has 0 aromatic heterocycles. The lowest BCUT2D eigenvalue weighted by molar-refractivity contribution is 0.0750. The Kier molecular flexibility index (Phi) is 6.13. The molecule has 1 unspecified atom stereocenters. The van der Waals surface area contributed by atoms with E-state index in [2.05, 4.69) is 51.8 Å². The molecule has 2 heteroatoms. The van der Waals surface area contributed by atoms with E-state index in [9.17, 15) is 0 Å². The van der Waals surface area contributed by atoms with Gasteiger partial charge in [0.2, 0.25) is 0 Å². The summed E-state index contributed by atoms with van der Waals surface area (Å²) < 4.78 is 0. The molecule has 0 aliphatic carbocycles. The highest BCUT2D eigenvalue weighted by atomic mass is 15.2. The summed E-state index contributed by atoms with van der Waals surface area (Å²) in [7, 11) is 0. The highest BCUT2D eigenvalue weighted by molar-refractivity contribution is 4.86. The fourth-order valence-electron chi connectivity index (χ4n) is 3.10. The summed E-state index contributed by atoms with van der Waals surface area (Å²) in [5.41, 5.74) is 0.423. The molecule has 0 spiro atoms. The summed E-state index contributed by atoms with van der Waals surface area (Å²) in [6.07, 6.45) is 2.74. The molecule has 18 heavy (non-hydrogen) atoms. The molecular formula is C16H34N2. The Morgan fingerprint density at radius 1 is 1.22 bits per heavy atom. The van der Waals surface area contributed by atoms with E-state index in [0.717, 1.165) is 11.8 Å². The highest BCUT2D eigenvalue weighted by Gasteiger charge is 2.32. The number of nitrogens with one attached hydrogen (secondary N) is 1. The van der Waals surface area contributed by atoms with Crippen molar-refractivity contribution in [2.24, 2.45) is 17.3 Å². The normalized spacial score (nSPS) is 22.2. The molecule has 0 aromatic carbocycles. The molecular weight excluding hydrogens is 220 g/mol. The number of piperidine rings is 1. The van der Waals surface area contributed by atoms with Crippen LogP contribution in [0.15, 0.2) is 0 Å². The number of nitrogens with zero attached hydrogens (tertiary/aromatic N) is 1. The molecule has 1 N–H and O–H groups in total. The van der Waals surface area contributed by atoms with Crippen molar-refractivity contribution in [3.63, 3.8) is 0 Å². The molecule has 0 bridgehead atoms. The van der Waals surface area contributed by atoms with Crippen molar-refractivity contribution in [2.45, 2.75) is 60.4 Å². The zero-order valence-electron chi connectivity index (χ0n) is 13.4. The maximum Gasteiger partial charge on any atom is 0.00389 e. The first-order valence-corrected chi connectivity index (χ1v) is 7.77. The van der Waals surface area contributed by atoms with Gasteiger partial charge in [-0.25, -0.2) is 0 Å². The van der Waals surface area contributed by atoms with Crippen LogP contribution >= 0.6 is 0 Å². The Hall–Kier alpha value is -0.0800. The Morgan fingerprint density at radius 3 is 2.33 bits per heavy atom. The lowest BCUT2D eigenvalue weighted by Crippen LogP contribution is -2.47. The van der Waals surface area contributed by atoms with Crippen molar-refractivity contribution in [3.05, 3.63) is 0 Å². The van der Waals surface area contributed by atoms with Gasteiger partial charge >= 0.3 is 0 Å². The summed E-state index contributed by atoms with van der Waals surface area (Å²) >= 11 is 0. The van der Waals surface area contributed by atoms with Crippen LogP contribution < -0.4 is 5.32 Å². The lowest BCUT2D eigenvalue weighted by Gasteiger charge is -2.42. The Bertz CT molecular complexity index is 227. The standard InChI is InChI=1S/C16H34N2/c1-13(2)11-18(14(3)4)12-16(5,6)15-8-7-9-17-10-15/h13-15,17H,7-12H2,1-6H3. The molecule has 0 aromatic rings. The van der Waals surface area contributed by atoms with Gasteiger partial charge in [0.05, 0.1) is 0 Å². The van der Waals surface area contributed by atoms with Crippen molar-refractivity contribution in [2.75, 3.05) is 26.2 Å². The molecule has 1 atom stereocenters. The van der Waals surface area contributed by atoms with Crippen molar-refractivity contribution >= 4 is 0 Å². The van der Waals surface area contributed by atoms with Crippen molar-refractivity contribution in [3.8, 4) is 0 Å². The molecule has 1 aliphatic heterocycles. The van der Waals surface area contributed by atoms with Crippen LogP contribution in [0, 0.1) is 17.3 Å². The van der Waals surface area contributed by atoms with E-state index in [-0.39, 0.29) is 0 Å². The second kappa shape index (κ2) is 6.91. The van der Waals surface area contributed by atoms with Crippen molar-refractivity contribution in [1.29, 1.82) is 0 Å². The molecule has 1 saturated heterocycles. The molecule has 0 radical (unpaired) electrons. The van der Waals surface area contributed by atoms with E-state index in [4.69, 9.17) is 0 Å². The van der Waals surface area contributed by atoms with Crippen LogP contribution in [-0.2, 0) is 0 Å². The van der Waals surface area contributed by atoms with Gasteiger partial charge in [0.25, 0.3) is 0 Å². The van der Waals surface area contributed by atoms with Gasteiger partial charge in [-0.1, -0.05) is 27.7 Å². The molecule has 0 saturated carbocycles. The van der Waals surface area contributed by atoms with Gasteiger partial charge in [0, 0.05) is 19.1 Å². The molecule has 1 fully saturated rings. The Balaban J connectivity index is 2.59. The minimum Gasteiger partial charge on any atom is -0.316 e. The minimum absolute atomic E-state index is 0.423. The van der Waals surface area contributed by atoms with Gasteiger partial charge in [-0.2, -0.15) is 0 Å². The van der Waals surface area contributed by atoms with Gasteiger partial charge in [-0.15, -0.1) is 0 Å². The zero-order chi connectivity index (χ0) is 13.8. The van der Waals surface area contributed by atoms with E-state index in [0.29, 0.717) is 11.5 Å². The van der Waals surface area contributed by atoms with Gasteiger partial charge in [-0.05, 0) is 57.0 Å². The van der Waals surface area contributed by atoms with Crippen LogP contribution in [0.25, 0.3) is 0 Å². The largest absolute Gasteiger partial charge is 0.316 e. The summed E-state index contributed by atoms with van der Waals surface area (Å²) in [5, 5.41) is 3.57. The fraction of sp³-hybridized carbons (Fsp3) is 1.00. The van der Waals surface area contributed by atoms with Crippen LogP contribution in [0.3, 0.4) is 0 Å². The van der Waals surface area contributed by atoms with Crippen LogP contribution in [0.4, 0.5) is 0 Å². The molecule has 0 amide bonds. The van der Waals surface area contributed by atoms with E-state index in [1.807, 2.05) is 0 Å². The topological polar surface area (TPSA) is 15.3 Å². The van der Waals surface area contributed by atoms with Crippen LogP contribution in [-0.4, -0.2) is 37.1 Å². The Labute approximate surface area is 115 Å². The van der Waals surface area contributed by atoms with E-state index < -0.39 is 0 Å². The second-order valence-corrected chi connectivity index (χ2v) is 7.45. The third-order valence-electron chi connectivity index (χ3n) is 4.34. The number of rotatable bonds is 6. The summed E-state index contributed by atoms with van der Waals surface area (Å²) in [4.78, 5) is 2.67. The van der Waals surface area contributed by atoms with Gasteiger partial charge in [0.1, 0.15) is 0 Å². The maximum atomic E-state index is 3.57. The average molecular weight is 254 g/mol. The molecule has 1 aliphatic rings. The third kappa shape index (κ3) is 4.89. The lowest BCUT2D eigenvalue weighted by atomic mass is 9.74. The van der Waals surface area contributed by atoms with E-state index in [1.165, 1.54) is 39.0 Å². The smallest absolute Gasteiger partial charge is 0.00389 e. The first-order chi connectivity index (χ1) is 8.33. The maximum absolute atomic E-state index is 3.57. The van der Waals surface area contributed by atoms with Gasteiger partial charge in [-0.3, -0.25) is 0 Å². The van der Waals surface area contributed by atoms with Gasteiger partial charge < -0.3 is 10.2 Å². The number of hydrogen-bond acceptors (Lipinski definition) is 2. The van der Waals surface area contributed by atoms with Crippen LogP contribution in [0.2, 0.25) is 0 Å². The van der Waals surface area contributed by atoms with Crippen molar-refractivity contribution in [1.82, 2.24) is 10.2 Å². The molecule has 2 nitrogen and oxygen atoms in total. The molecule has 1 heterocycles. The van der Waals surface area contributed by atoms with E-state index in [1.54, 1.807) is 0 Å². The van der Waals surface area contributed by atoms with Gasteiger partial charge in [0.15, 0.2) is 0 Å². The van der Waals surface area contributed by atoms with Crippen molar-refractivity contribution < 1.29 is 0 Å². The fourth-order valence-corrected chi connectivity index (χ4v) is 3.10. The molecule has 1 rings (SSSR count). The summed E-state index contributed by atoms with van der Waals surface area (Å²) in [6, 6.07) is 0.656. The van der Waals surface area contributed by atoms with Crippen LogP contribution in [0.1, 0.15) is 54.4 Å². The highest BCUT2D eigenvalue weighted by Crippen LogP contribution is 2.33. The number of hydrogen-bond donors (Lipinski definition) is 1. The summed E-state index contributed by atoms with van der Waals surface area (Å²) in [5.74, 6) is 1.59. The average Bonchev–Trinajstić information content (AvgIpc) is 2.28. The van der Waals surface area contributed by atoms with Crippen LogP contribution in [0.5, 0.6) is 0 Å². The second-order valence-electron chi connectivity index (χ2n) is 7.45. The third-order valence-corrected chi connectivity index (χ3v) is 4.34. The zero-order valence-corrected chi connectivity index (χ0v) is 13.4. The quantitative estimate of drug-likeness (QED) is 0.782. The molecule has 108 valence electrons. The summed E-state index contributed by atoms with van der Waals surface area (Å²) in [6.45, 7) is 19.1. The Morgan fingerprint density at radius 2 is 1.89 bits per heavy atom. The first kappa shape index (κ1) is 16.0. The first-order valence-electron chi connectivity index (χ1n) is 7.77. The predicted octanol–water partition coefficient (Wildman–Crippen LogP) is 3.38. The minimum atomic E-state index is 0.423.